The third-order valence-corrected chi connectivity index (χ3v) is 5.53. The number of carbonyl (C=O) groups is 2. The van der Waals surface area contributed by atoms with E-state index in [4.69, 9.17) is 12.2 Å². The molecule has 6 heteroatoms. The first kappa shape index (κ1) is 18.4. The summed E-state index contributed by atoms with van der Waals surface area (Å²) in [6, 6.07) is 16.6. The molecule has 2 heterocycles. The van der Waals surface area contributed by atoms with Crippen LogP contribution in [0.4, 0.5) is 5.69 Å². The van der Waals surface area contributed by atoms with Gasteiger partial charge in [0.25, 0.3) is 11.8 Å². The lowest BCUT2D eigenvalue weighted by atomic mass is 9.97. The summed E-state index contributed by atoms with van der Waals surface area (Å²) in [6.45, 7) is 1.89. The Morgan fingerprint density at radius 2 is 1.93 bits per heavy atom. The van der Waals surface area contributed by atoms with Gasteiger partial charge in [-0.2, -0.15) is 0 Å². The molecular weight excluding hydrogens is 370 g/mol. The van der Waals surface area contributed by atoms with Gasteiger partial charge in [0.2, 0.25) is 0 Å². The van der Waals surface area contributed by atoms with Crippen molar-refractivity contribution >= 4 is 40.9 Å². The highest BCUT2D eigenvalue weighted by atomic mass is 32.1. The van der Waals surface area contributed by atoms with E-state index in [1.54, 1.807) is 13.1 Å². The summed E-state index contributed by atoms with van der Waals surface area (Å²) < 4.78 is 0. The van der Waals surface area contributed by atoms with Gasteiger partial charge in [0.05, 0.1) is 0 Å². The molecule has 2 aromatic carbocycles. The van der Waals surface area contributed by atoms with Gasteiger partial charge in [-0.25, -0.2) is 0 Å². The summed E-state index contributed by atoms with van der Waals surface area (Å²) in [7, 11) is 1.56. The van der Waals surface area contributed by atoms with Crippen LogP contribution in [0, 0.1) is 0 Å². The van der Waals surface area contributed by atoms with Crippen molar-refractivity contribution in [2.75, 3.05) is 18.5 Å². The zero-order valence-corrected chi connectivity index (χ0v) is 16.5. The van der Waals surface area contributed by atoms with Crippen LogP contribution in [0.5, 0.6) is 0 Å². The first-order chi connectivity index (χ1) is 13.5. The van der Waals surface area contributed by atoms with Crippen LogP contribution in [0.15, 0.2) is 54.1 Å². The van der Waals surface area contributed by atoms with E-state index in [9.17, 15) is 9.59 Å². The van der Waals surface area contributed by atoms with Gasteiger partial charge in [0.15, 0.2) is 5.11 Å². The molecule has 0 aliphatic carbocycles. The minimum atomic E-state index is -0.448. The zero-order valence-electron chi connectivity index (χ0n) is 15.6. The molecule has 2 aliphatic rings. The Balaban J connectivity index is 1.61. The van der Waals surface area contributed by atoms with E-state index in [0.717, 1.165) is 31.5 Å². The van der Waals surface area contributed by atoms with Gasteiger partial charge in [0, 0.05) is 25.8 Å². The molecule has 0 saturated carbocycles. The Morgan fingerprint density at radius 1 is 1.14 bits per heavy atom. The van der Waals surface area contributed by atoms with E-state index >= 15 is 0 Å². The van der Waals surface area contributed by atoms with Crippen molar-refractivity contribution in [1.29, 1.82) is 0 Å². The number of nitrogens with zero attached hydrogens (tertiary/aromatic N) is 2. The van der Waals surface area contributed by atoms with Gasteiger partial charge >= 0.3 is 0 Å². The summed E-state index contributed by atoms with van der Waals surface area (Å²) in [5.74, 6) is -0.825. The van der Waals surface area contributed by atoms with Crippen molar-refractivity contribution in [3.05, 3.63) is 70.8 Å². The highest BCUT2D eigenvalue weighted by Gasteiger charge is 2.30. The number of hydrogen-bond donors (Lipinski definition) is 1. The number of hydrogen-bond acceptors (Lipinski definition) is 4. The fraction of sp³-hybridized carbons (Fsp3) is 0.227. The van der Waals surface area contributed by atoms with Gasteiger partial charge in [-0.15, -0.1) is 0 Å². The molecule has 28 heavy (non-hydrogen) atoms. The molecule has 0 atom stereocenters. The Bertz CT molecular complexity index is 985. The Kier molecular flexibility index (Phi) is 4.96. The molecule has 5 nitrogen and oxygen atoms in total. The van der Waals surface area contributed by atoms with E-state index in [0.29, 0.717) is 0 Å². The molecule has 0 radical (unpaired) electrons. The van der Waals surface area contributed by atoms with Gasteiger partial charge in [-0.05, 0) is 60.0 Å². The average molecular weight is 391 g/mol. The second-order valence-electron chi connectivity index (χ2n) is 7.08. The normalized spacial score (nSPS) is 18.3. The van der Waals surface area contributed by atoms with E-state index in [1.165, 1.54) is 21.7 Å². The topological polar surface area (TPSA) is 52.7 Å². The number of aryl methyl sites for hydroxylation is 1. The highest BCUT2D eigenvalue weighted by Crippen LogP contribution is 2.30. The molecular formula is C22H21N3O2S. The summed E-state index contributed by atoms with van der Waals surface area (Å²) in [6.07, 6.45) is 3.71. The first-order valence-electron chi connectivity index (χ1n) is 9.30. The monoisotopic (exact) mass is 391 g/mol. The minimum Gasteiger partial charge on any atom is -0.367 e. The number of nitrogens with one attached hydrogen (secondary N) is 1. The third-order valence-electron chi connectivity index (χ3n) is 5.15. The maximum Gasteiger partial charge on any atom is 0.265 e. The smallest absolute Gasteiger partial charge is 0.265 e. The molecule has 4 rings (SSSR count). The summed E-state index contributed by atoms with van der Waals surface area (Å²) >= 11 is 4.99. The fourth-order valence-corrected chi connectivity index (χ4v) is 3.84. The number of thiocarbonyl (C=S) groups is 1. The Labute approximate surface area is 169 Å². The van der Waals surface area contributed by atoms with E-state index in [2.05, 4.69) is 46.6 Å². The van der Waals surface area contributed by atoms with E-state index < -0.39 is 5.91 Å². The second kappa shape index (κ2) is 7.56. The third kappa shape index (κ3) is 3.55. The predicted molar refractivity (Wildman–Crippen MR) is 114 cm³/mol. The number of fused-ring (bicyclic) bond motifs is 1. The van der Waals surface area contributed by atoms with Gasteiger partial charge < -0.3 is 4.90 Å². The van der Waals surface area contributed by atoms with Crippen molar-refractivity contribution in [3.63, 3.8) is 0 Å². The van der Waals surface area contributed by atoms with E-state index in [1.807, 2.05) is 12.1 Å². The molecule has 2 aromatic rings. The maximum atomic E-state index is 12.4. The van der Waals surface area contributed by atoms with Crippen LogP contribution in [-0.2, 0) is 22.6 Å². The summed E-state index contributed by atoms with van der Waals surface area (Å²) in [5, 5.41) is 2.68. The van der Waals surface area contributed by atoms with Crippen molar-refractivity contribution in [1.82, 2.24) is 10.2 Å². The minimum absolute atomic E-state index is 0.105. The maximum absolute atomic E-state index is 12.4. The summed E-state index contributed by atoms with van der Waals surface area (Å²) in [4.78, 5) is 28.2. The predicted octanol–water partition coefficient (Wildman–Crippen LogP) is 2.90. The number of rotatable bonds is 3. The lowest BCUT2D eigenvalue weighted by Crippen LogP contribution is -2.52. The number of benzene rings is 2. The van der Waals surface area contributed by atoms with Crippen molar-refractivity contribution in [3.8, 4) is 0 Å². The second-order valence-corrected chi connectivity index (χ2v) is 7.47. The average Bonchev–Trinajstić information content (AvgIpc) is 2.70. The van der Waals surface area contributed by atoms with Crippen LogP contribution >= 0.6 is 12.2 Å². The molecule has 142 valence electrons. The number of carbonyl (C=O) groups excluding carboxylic acids is 2. The molecule has 0 unspecified atom stereocenters. The van der Waals surface area contributed by atoms with Crippen LogP contribution in [0.3, 0.4) is 0 Å². The largest absolute Gasteiger partial charge is 0.367 e. The Hall–Kier alpha value is -2.99. The van der Waals surface area contributed by atoms with Gasteiger partial charge in [-0.1, -0.05) is 36.4 Å². The molecule has 0 aromatic heterocycles. The SMILES string of the molecule is CN1C(=O)/C(=C/c2ccc3c(c2)CCCN3Cc2ccccc2)C(=O)NC1=S. The lowest BCUT2D eigenvalue weighted by molar-refractivity contribution is -0.128. The van der Waals surface area contributed by atoms with Crippen molar-refractivity contribution in [2.24, 2.45) is 0 Å². The number of amides is 2. The first-order valence-corrected chi connectivity index (χ1v) is 9.70. The highest BCUT2D eigenvalue weighted by molar-refractivity contribution is 7.80. The molecule has 1 saturated heterocycles. The Morgan fingerprint density at radius 3 is 2.71 bits per heavy atom. The summed E-state index contributed by atoms with van der Waals surface area (Å²) in [5.41, 5.74) is 4.69. The van der Waals surface area contributed by atoms with Crippen molar-refractivity contribution in [2.45, 2.75) is 19.4 Å². The van der Waals surface area contributed by atoms with Crippen LogP contribution < -0.4 is 10.2 Å². The number of anilines is 1. The molecule has 0 bridgehead atoms. The van der Waals surface area contributed by atoms with Crippen LogP contribution in [0.2, 0.25) is 0 Å². The molecule has 1 N–H and O–H groups in total. The lowest BCUT2D eigenvalue weighted by Gasteiger charge is -2.32. The molecule has 2 aliphatic heterocycles. The van der Waals surface area contributed by atoms with Gasteiger partial charge in [0.1, 0.15) is 5.57 Å². The standard InChI is InChI=1S/C22H21N3O2S/c1-24-21(27)18(20(26)23-22(24)28)13-16-9-10-19-17(12-16)8-5-11-25(19)14-15-6-3-2-4-7-15/h2-4,6-7,9-10,12-13H,5,8,11,14H2,1H3,(H,23,26,28)/b18-13+. The van der Waals surface area contributed by atoms with Crippen molar-refractivity contribution < 1.29 is 9.59 Å². The molecule has 1 fully saturated rings. The molecule has 2 amide bonds. The van der Waals surface area contributed by atoms with Crippen LogP contribution in [-0.4, -0.2) is 35.4 Å². The van der Waals surface area contributed by atoms with E-state index in [-0.39, 0.29) is 16.6 Å². The zero-order chi connectivity index (χ0) is 19.7. The van der Waals surface area contributed by atoms with Crippen LogP contribution in [0.1, 0.15) is 23.1 Å². The van der Waals surface area contributed by atoms with Crippen LogP contribution in [0.25, 0.3) is 6.08 Å². The fourth-order valence-electron chi connectivity index (χ4n) is 3.67. The quantitative estimate of drug-likeness (QED) is 0.497. The molecule has 0 spiro atoms. The van der Waals surface area contributed by atoms with Gasteiger partial charge in [-0.3, -0.25) is 19.8 Å². The number of likely N-dealkylation sites (N-methyl/N-ethyl adjacent to an activating group) is 1.